The largest absolute Gasteiger partial charge is 0.481 e. The molecule has 4 saturated carbocycles. The number of alkyl halides is 2. The van der Waals surface area contributed by atoms with Gasteiger partial charge < -0.3 is 5.11 Å². The fourth-order valence-corrected chi connectivity index (χ4v) is 3.42. The summed E-state index contributed by atoms with van der Waals surface area (Å²) < 4.78 is 26.3. The average molecular weight is 174 g/mol. The summed E-state index contributed by atoms with van der Waals surface area (Å²) in [7, 11) is 0. The molecule has 0 aromatic rings. The molecule has 0 heterocycles. The summed E-state index contributed by atoms with van der Waals surface area (Å²) in [6.45, 7) is 0. The first-order valence-electron chi connectivity index (χ1n) is 4.15. The van der Waals surface area contributed by atoms with Crippen LogP contribution in [0.2, 0.25) is 0 Å². The molecule has 0 spiro atoms. The van der Waals surface area contributed by atoms with Gasteiger partial charge in [-0.25, -0.2) is 8.78 Å². The van der Waals surface area contributed by atoms with Gasteiger partial charge in [0.05, 0.1) is 5.92 Å². The number of halogens is 2. The molecule has 0 aromatic heterocycles. The van der Waals surface area contributed by atoms with E-state index >= 15 is 0 Å². The number of rotatable bonds is 1. The fourth-order valence-electron chi connectivity index (χ4n) is 3.42. The van der Waals surface area contributed by atoms with Gasteiger partial charge in [-0.1, -0.05) is 0 Å². The standard InChI is InChI=1S/C8H8F2O2/c9-8(10)3-1-2-4(6(2)8)5(3)7(11)12/h2-6H,1H2,(H,11,12)/t2?,3-,4?,5-,6+/m1/s1. The minimum atomic E-state index is -2.67. The highest BCUT2D eigenvalue weighted by molar-refractivity contribution is 5.73. The van der Waals surface area contributed by atoms with Crippen molar-refractivity contribution >= 4 is 5.97 Å². The van der Waals surface area contributed by atoms with Gasteiger partial charge in [0.2, 0.25) is 0 Å². The molecule has 0 radical (unpaired) electrons. The van der Waals surface area contributed by atoms with Gasteiger partial charge in [-0.05, 0) is 18.3 Å². The molecule has 2 unspecified atom stereocenters. The first-order valence-corrected chi connectivity index (χ1v) is 4.15. The van der Waals surface area contributed by atoms with Crippen molar-refractivity contribution in [1.29, 1.82) is 0 Å². The molecule has 0 saturated heterocycles. The molecule has 0 aliphatic heterocycles. The highest BCUT2D eigenvalue weighted by atomic mass is 19.3. The minimum Gasteiger partial charge on any atom is -0.481 e. The minimum absolute atomic E-state index is 0.0334. The van der Waals surface area contributed by atoms with Gasteiger partial charge >= 0.3 is 5.97 Å². The molecular weight excluding hydrogens is 166 g/mol. The Balaban J connectivity index is 2.02. The Hall–Kier alpha value is -0.670. The zero-order valence-electron chi connectivity index (χ0n) is 6.21. The van der Waals surface area contributed by atoms with Crippen molar-refractivity contribution in [3.05, 3.63) is 0 Å². The van der Waals surface area contributed by atoms with Crippen molar-refractivity contribution in [3.8, 4) is 0 Å². The van der Waals surface area contributed by atoms with E-state index in [0.717, 1.165) is 0 Å². The third-order valence-electron chi connectivity index (χ3n) is 3.83. The zero-order valence-corrected chi connectivity index (χ0v) is 6.21. The van der Waals surface area contributed by atoms with Crippen LogP contribution in [0, 0.1) is 29.6 Å². The van der Waals surface area contributed by atoms with Crippen LogP contribution < -0.4 is 0 Å². The van der Waals surface area contributed by atoms with Gasteiger partial charge in [0.25, 0.3) is 5.92 Å². The lowest BCUT2D eigenvalue weighted by Gasteiger charge is -2.16. The molecule has 1 N–H and O–H groups in total. The lowest BCUT2D eigenvalue weighted by atomic mass is 9.97. The maximum atomic E-state index is 13.2. The van der Waals surface area contributed by atoms with E-state index < -0.39 is 29.6 Å². The van der Waals surface area contributed by atoms with E-state index in [1.165, 1.54) is 0 Å². The molecule has 4 aliphatic rings. The molecule has 4 aliphatic carbocycles. The summed E-state index contributed by atoms with van der Waals surface area (Å²) in [5.74, 6) is -6.02. The number of hydrogen-bond donors (Lipinski definition) is 1. The SMILES string of the molecule is O=C(O)[C@H]1C2C3C[C@H]1C(F)(F)[C@@H]32. The molecule has 5 atom stereocenters. The smallest absolute Gasteiger partial charge is 0.307 e. The maximum absolute atomic E-state index is 13.2. The maximum Gasteiger partial charge on any atom is 0.307 e. The van der Waals surface area contributed by atoms with Crippen molar-refractivity contribution in [1.82, 2.24) is 0 Å². The summed E-state index contributed by atoms with van der Waals surface area (Å²) in [6, 6.07) is 0. The zero-order chi connectivity index (χ0) is 8.67. The van der Waals surface area contributed by atoms with Gasteiger partial charge in [-0.2, -0.15) is 0 Å². The number of aliphatic carboxylic acids is 1. The second kappa shape index (κ2) is 1.52. The van der Waals surface area contributed by atoms with Crippen molar-refractivity contribution in [2.24, 2.45) is 29.6 Å². The molecular formula is C8H8F2O2. The molecule has 2 nitrogen and oxygen atoms in total. The van der Waals surface area contributed by atoms with Crippen LogP contribution in [0.3, 0.4) is 0 Å². The van der Waals surface area contributed by atoms with Crippen molar-refractivity contribution in [2.45, 2.75) is 12.3 Å². The predicted molar refractivity (Wildman–Crippen MR) is 34.6 cm³/mol. The third kappa shape index (κ3) is 0.465. The highest BCUT2D eigenvalue weighted by Gasteiger charge is 2.83. The summed E-state index contributed by atoms with van der Waals surface area (Å²) in [5.41, 5.74) is 0. The number of carbonyl (C=O) groups is 1. The second-order valence-electron chi connectivity index (χ2n) is 4.15. The van der Waals surface area contributed by atoms with E-state index in [9.17, 15) is 13.6 Å². The van der Waals surface area contributed by atoms with Crippen molar-refractivity contribution < 1.29 is 18.7 Å². The van der Waals surface area contributed by atoms with Crippen LogP contribution in [0.25, 0.3) is 0 Å². The predicted octanol–water partition coefficient (Wildman–Crippen LogP) is 1.22. The Morgan fingerprint density at radius 2 is 2.17 bits per heavy atom. The van der Waals surface area contributed by atoms with Gasteiger partial charge in [0, 0.05) is 11.8 Å². The van der Waals surface area contributed by atoms with Crippen molar-refractivity contribution in [2.75, 3.05) is 0 Å². The van der Waals surface area contributed by atoms with Gasteiger partial charge in [0.15, 0.2) is 0 Å². The topological polar surface area (TPSA) is 37.3 Å². The Morgan fingerprint density at radius 1 is 1.50 bits per heavy atom. The molecule has 4 rings (SSSR count). The summed E-state index contributed by atoms with van der Waals surface area (Å²) >= 11 is 0. The molecule has 4 heteroatoms. The van der Waals surface area contributed by atoms with E-state index in [0.29, 0.717) is 6.42 Å². The van der Waals surface area contributed by atoms with Crippen LogP contribution in [-0.4, -0.2) is 17.0 Å². The molecule has 4 bridgehead atoms. The average Bonchev–Trinajstić information content (AvgIpc) is 2.28. The van der Waals surface area contributed by atoms with E-state index in [1.54, 1.807) is 0 Å². The number of hydrogen-bond acceptors (Lipinski definition) is 1. The Labute approximate surface area is 67.6 Å². The van der Waals surface area contributed by atoms with Crippen LogP contribution in [0.5, 0.6) is 0 Å². The van der Waals surface area contributed by atoms with Gasteiger partial charge in [0.1, 0.15) is 0 Å². The quantitative estimate of drug-likeness (QED) is 0.648. The Morgan fingerprint density at radius 3 is 2.33 bits per heavy atom. The van der Waals surface area contributed by atoms with Crippen LogP contribution in [0.15, 0.2) is 0 Å². The number of carboxylic acid groups (broad SMARTS) is 1. The van der Waals surface area contributed by atoms with E-state index in [4.69, 9.17) is 5.11 Å². The van der Waals surface area contributed by atoms with Crippen LogP contribution >= 0.6 is 0 Å². The van der Waals surface area contributed by atoms with Crippen LogP contribution in [0.1, 0.15) is 6.42 Å². The lowest BCUT2D eigenvalue weighted by molar-refractivity contribution is -0.146. The van der Waals surface area contributed by atoms with Crippen LogP contribution in [0.4, 0.5) is 8.78 Å². The third-order valence-corrected chi connectivity index (χ3v) is 3.83. The first kappa shape index (κ1) is 6.80. The van der Waals surface area contributed by atoms with Crippen LogP contribution in [-0.2, 0) is 4.79 Å². The number of carboxylic acids is 1. The fraction of sp³-hybridized carbons (Fsp3) is 0.875. The first-order chi connectivity index (χ1) is 5.55. The molecule has 0 amide bonds. The Kier molecular flexibility index (Phi) is 0.861. The van der Waals surface area contributed by atoms with Gasteiger partial charge in [-0.3, -0.25) is 4.79 Å². The summed E-state index contributed by atoms with van der Waals surface area (Å²) in [5, 5.41) is 8.71. The normalized spacial score (nSPS) is 57.3. The van der Waals surface area contributed by atoms with Crippen molar-refractivity contribution in [3.63, 3.8) is 0 Å². The lowest BCUT2D eigenvalue weighted by Crippen LogP contribution is -2.27. The summed E-state index contributed by atoms with van der Waals surface area (Å²) in [4.78, 5) is 10.6. The highest BCUT2D eigenvalue weighted by Crippen LogP contribution is 2.78. The molecule has 12 heavy (non-hydrogen) atoms. The van der Waals surface area contributed by atoms with Gasteiger partial charge in [-0.15, -0.1) is 0 Å². The summed E-state index contributed by atoms with van der Waals surface area (Å²) in [6.07, 6.45) is 0.444. The Bertz CT molecular complexity index is 276. The van der Waals surface area contributed by atoms with E-state index in [-0.39, 0.29) is 11.8 Å². The van der Waals surface area contributed by atoms with E-state index in [1.807, 2.05) is 0 Å². The molecule has 0 aromatic carbocycles. The monoisotopic (exact) mass is 174 g/mol. The second-order valence-corrected chi connectivity index (χ2v) is 4.15. The molecule has 4 fully saturated rings. The van der Waals surface area contributed by atoms with E-state index in [2.05, 4.69) is 0 Å². The molecule has 66 valence electrons.